The van der Waals surface area contributed by atoms with Crippen molar-refractivity contribution in [3.05, 3.63) is 53.6 Å². The second-order valence-corrected chi connectivity index (χ2v) is 11.7. The van der Waals surface area contributed by atoms with E-state index in [2.05, 4.69) is 22.2 Å². The monoisotopic (exact) mass is 590 g/mol. The first-order valence-corrected chi connectivity index (χ1v) is 16.1. The van der Waals surface area contributed by atoms with Gasteiger partial charge in [-0.2, -0.15) is 0 Å². The molecule has 2 aromatic rings. The van der Waals surface area contributed by atoms with Crippen molar-refractivity contribution in [2.24, 2.45) is 10.7 Å². The number of carbonyl (C=O) groups is 2. The zero-order chi connectivity index (χ0) is 30.6. The summed E-state index contributed by atoms with van der Waals surface area (Å²) in [7, 11) is 1.73. The Morgan fingerprint density at radius 3 is 2.56 bits per heavy atom. The molecule has 0 aromatic heterocycles. The number of nitrogens with zero attached hydrogens (tertiary/aromatic N) is 4. The number of carbonyl (C=O) groups excluding carboxylic acids is 2. The third-order valence-electron chi connectivity index (χ3n) is 8.53. The highest BCUT2D eigenvalue weighted by Gasteiger charge is 2.27. The molecule has 2 amide bonds. The smallest absolute Gasteiger partial charge is 0.260 e. The van der Waals surface area contributed by atoms with Gasteiger partial charge in [-0.05, 0) is 56.7 Å². The van der Waals surface area contributed by atoms with E-state index in [1.54, 1.807) is 17.0 Å². The molecule has 2 aliphatic rings. The standard InChI is InChI=1S/C34H50N6O3/c1-4-5-6-12-22-39(28-17-8-9-18-28)31(41)21-11-13-23-43-30-20-14-16-27-24-38(34(35)37-33(27)30)25-32(42)40(36-3)29-19-10-7-15-26(29)2/h7,10,14-16,19-20,28,36H,4-6,8-9,11-13,17-18,21-25H2,1-3H3,(H2,35,37). The molecule has 9 nitrogen and oxygen atoms in total. The number of aryl methyl sites for hydroxylation is 1. The Hall–Kier alpha value is -3.59. The number of amides is 2. The van der Waals surface area contributed by atoms with Gasteiger partial charge in [-0.3, -0.25) is 9.59 Å². The van der Waals surface area contributed by atoms with E-state index in [0.29, 0.717) is 43.0 Å². The maximum absolute atomic E-state index is 13.2. The van der Waals surface area contributed by atoms with Gasteiger partial charge in [-0.25, -0.2) is 15.4 Å². The molecule has 9 heteroatoms. The van der Waals surface area contributed by atoms with Crippen LogP contribution in [-0.4, -0.2) is 60.4 Å². The van der Waals surface area contributed by atoms with Gasteiger partial charge in [-0.1, -0.05) is 69.4 Å². The van der Waals surface area contributed by atoms with Gasteiger partial charge in [0, 0.05) is 38.2 Å². The predicted octanol–water partition coefficient (Wildman–Crippen LogP) is 5.83. The molecule has 4 rings (SSSR count). The predicted molar refractivity (Wildman–Crippen MR) is 173 cm³/mol. The fourth-order valence-corrected chi connectivity index (χ4v) is 6.12. The summed E-state index contributed by atoms with van der Waals surface area (Å²) >= 11 is 0. The molecule has 1 fully saturated rings. The number of ether oxygens (including phenoxy) is 1. The van der Waals surface area contributed by atoms with Crippen LogP contribution in [0.2, 0.25) is 0 Å². The molecule has 0 saturated heterocycles. The van der Waals surface area contributed by atoms with Crippen molar-refractivity contribution < 1.29 is 14.3 Å². The van der Waals surface area contributed by atoms with Crippen LogP contribution in [0.1, 0.15) is 88.7 Å². The molecule has 1 saturated carbocycles. The van der Waals surface area contributed by atoms with Crippen molar-refractivity contribution >= 4 is 29.1 Å². The summed E-state index contributed by atoms with van der Waals surface area (Å²) in [5, 5.41) is 1.54. The lowest BCUT2D eigenvalue weighted by Crippen LogP contribution is -2.50. The summed E-state index contributed by atoms with van der Waals surface area (Å²) in [6.45, 7) is 6.15. The highest BCUT2D eigenvalue weighted by Crippen LogP contribution is 2.35. The van der Waals surface area contributed by atoms with Crippen molar-refractivity contribution in [2.45, 2.75) is 97.1 Å². The second kappa shape index (κ2) is 16.3. The third-order valence-corrected chi connectivity index (χ3v) is 8.53. The van der Waals surface area contributed by atoms with Crippen molar-refractivity contribution in [1.82, 2.24) is 15.2 Å². The fraction of sp³-hybridized carbons (Fsp3) is 0.559. The minimum atomic E-state index is -0.132. The average Bonchev–Trinajstić information content (AvgIpc) is 3.53. The molecule has 234 valence electrons. The molecule has 0 bridgehead atoms. The lowest BCUT2D eigenvalue weighted by atomic mass is 10.1. The number of aliphatic imine (C=N–C) groups is 1. The Kier molecular flexibility index (Phi) is 12.3. The van der Waals surface area contributed by atoms with Crippen molar-refractivity contribution in [3.8, 4) is 5.75 Å². The van der Waals surface area contributed by atoms with E-state index >= 15 is 0 Å². The molecule has 0 unspecified atom stereocenters. The van der Waals surface area contributed by atoms with Gasteiger partial charge < -0.3 is 20.3 Å². The van der Waals surface area contributed by atoms with Gasteiger partial charge in [0.25, 0.3) is 5.91 Å². The Morgan fingerprint density at radius 2 is 1.81 bits per heavy atom. The molecule has 1 heterocycles. The Balaban J connectivity index is 1.28. The fourth-order valence-electron chi connectivity index (χ4n) is 6.12. The highest BCUT2D eigenvalue weighted by molar-refractivity contribution is 5.97. The number of benzene rings is 2. The van der Waals surface area contributed by atoms with Gasteiger partial charge in [0.05, 0.1) is 12.3 Å². The Morgan fingerprint density at radius 1 is 1.02 bits per heavy atom. The summed E-state index contributed by atoms with van der Waals surface area (Å²) in [5.74, 6) is 1.13. The first-order chi connectivity index (χ1) is 20.9. The first-order valence-electron chi connectivity index (χ1n) is 16.1. The van der Waals surface area contributed by atoms with Crippen molar-refractivity contribution in [1.29, 1.82) is 0 Å². The van der Waals surface area contributed by atoms with Crippen LogP contribution >= 0.6 is 0 Å². The van der Waals surface area contributed by atoms with E-state index in [-0.39, 0.29) is 18.4 Å². The van der Waals surface area contributed by atoms with E-state index < -0.39 is 0 Å². The van der Waals surface area contributed by atoms with E-state index in [1.165, 1.54) is 32.1 Å². The van der Waals surface area contributed by atoms with Crippen molar-refractivity contribution in [2.75, 3.05) is 31.8 Å². The molecule has 43 heavy (non-hydrogen) atoms. The number of hydrogen-bond donors (Lipinski definition) is 2. The Labute approximate surface area is 257 Å². The van der Waals surface area contributed by atoms with Gasteiger partial charge in [0.1, 0.15) is 18.0 Å². The maximum atomic E-state index is 13.2. The quantitative estimate of drug-likeness (QED) is 0.189. The van der Waals surface area contributed by atoms with Gasteiger partial charge in [0.2, 0.25) is 5.91 Å². The summed E-state index contributed by atoms with van der Waals surface area (Å²) in [6.07, 6.45) is 11.7. The zero-order valence-electron chi connectivity index (χ0n) is 26.3. The van der Waals surface area contributed by atoms with Crippen LogP contribution < -0.4 is 20.9 Å². The number of nitrogens with one attached hydrogen (secondary N) is 1. The number of hydrazine groups is 1. The van der Waals surface area contributed by atoms with Gasteiger partial charge >= 0.3 is 0 Å². The molecule has 3 N–H and O–H groups in total. The highest BCUT2D eigenvalue weighted by atomic mass is 16.5. The number of guanidine groups is 1. The summed E-state index contributed by atoms with van der Waals surface area (Å²) in [6, 6.07) is 14.0. The summed E-state index contributed by atoms with van der Waals surface area (Å²) < 4.78 is 6.14. The third kappa shape index (κ3) is 8.72. The minimum absolute atomic E-state index is 0.0829. The summed E-state index contributed by atoms with van der Waals surface area (Å²) in [4.78, 5) is 35.0. The number of unbranched alkanes of at least 4 members (excludes halogenated alkanes) is 4. The van der Waals surface area contributed by atoms with Crippen LogP contribution in [0.15, 0.2) is 47.5 Å². The minimum Gasteiger partial charge on any atom is -0.491 e. The molecule has 0 atom stereocenters. The van der Waals surface area contributed by atoms with Crippen molar-refractivity contribution in [3.63, 3.8) is 0 Å². The van der Waals surface area contributed by atoms with E-state index in [1.807, 2.05) is 49.4 Å². The number of fused-ring (bicyclic) bond motifs is 1. The van der Waals surface area contributed by atoms with Gasteiger partial charge in [0.15, 0.2) is 5.96 Å². The van der Waals surface area contributed by atoms with Crippen LogP contribution in [0.5, 0.6) is 5.75 Å². The van der Waals surface area contributed by atoms with E-state index in [0.717, 1.165) is 55.5 Å². The topological polar surface area (TPSA) is 103 Å². The number of rotatable bonds is 16. The molecular formula is C34H50N6O3. The molecule has 2 aromatic carbocycles. The van der Waals surface area contributed by atoms with E-state index in [9.17, 15) is 9.59 Å². The summed E-state index contributed by atoms with van der Waals surface area (Å²) in [5.41, 5.74) is 12.8. The normalized spacial score (nSPS) is 14.8. The molecular weight excluding hydrogens is 540 g/mol. The SMILES string of the molecule is CCCCCCN(C(=O)CCCCOc1cccc2c1N=C(N)N(CC(=O)N(NC)c1ccccc1C)C2)C1CCCC1. The molecule has 1 aliphatic heterocycles. The number of anilines is 1. The maximum Gasteiger partial charge on any atom is 0.260 e. The largest absolute Gasteiger partial charge is 0.491 e. The van der Waals surface area contributed by atoms with E-state index in [4.69, 9.17) is 10.5 Å². The number of hydrogen-bond acceptors (Lipinski definition) is 7. The second-order valence-electron chi connectivity index (χ2n) is 11.7. The molecule has 0 radical (unpaired) electrons. The molecule has 0 spiro atoms. The van der Waals surface area contributed by atoms with Crippen LogP contribution in [-0.2, 0) is 16.1 Å². The molecule has 1 aliphatic carbocycles. The average molecular weight is 591 g/mol. The number of nitrogens with two attached hydrogens (primary N) is 1. The zero-order valence-corrected chi connectivity index (χ0v) is 26.3. The van der Waals surface area contributed by atoms with Crippen LogP contribution in [0.4, 0.5) is 11.4 Å². The van der Waals surface area contributed by atoms with Crippen LogP contribution in [0.25, 0.3) is 0 Å². The Bertz CT molecular complexity index is 1240. The lowest BCUT2D eigenvalue weighted by molar-refractivity contribution is -0.133. The first kappa shape index (κ1) is 32.3. The number of para-hydroxylation sites is 2. The lowest BCUT2D eigenvalue weighted by Gasteiger charge is -2.31. The van der Waals surface area contributed by atoms with Gasteiger partial charge in [-0.15, -0.1) is 0 Å². The van der Waals surface area contributed by atoms with Crippen LogP contribution in [0.3, 0.4) is 0 Å². The van der Waals surface area contributed by atoms with Crippen LogP contribution in [0, 0.1) is 6.92 Å².